The summed E-state index contributed by atoms with van der Waals surface area (Å²) in [5, 5.41) is 3.22. The van der Waals surface area contributed by atoms with E-state index in [1.165, 1.54) is 0 Å². The van der Waals surface area contributed by atoms with Crippen LogP contribution in [0.5, 0.6) is 0 Å². The summed E-state index contributed by atoms with van der Waals surface area (Å²) in [6.07, 6.45) is 2.62. The second kappa shape index (κ2) is 5.91. The second-order valence-electron chi connectivity index (χ2n) is 3.79. The number of anilines is 1. The van der Waals surface area contributed by atoms with Gasteiger partial charge in [-0.15, -0.1) is 0 Å². The molecule has 0 saturated carbocycles. The molecule has 0 bridgehead atoms. The van der Waals surface area contributed by atoms with Gasteiger partial charge in [-0.1, -0.05) is 6.92 Å². The average molecular weight is 307 g/mol. The van der Waals surface area contributed by atoms with Crippen LogP contribution in [0.1, 0.15) is 19.5 Å². The maximum absolute atomic E-state index is 4.52. The van der Waals surface area contributed by atoms with Gasteiger partial charge in [-0.05, 0) is 41.4 Å². The first-order valence-electron chi connectivity index (χ1n) is 5.97. The van der Waals surface area contributed by atoms with Crippen molar-refractivity contribution in [2.45, 2.75) is 20.3 Å². The first-order chi connectivity index (χ1) is 8.74. The fourth-order valence-corrected chi connectivity index (χ4v) is 2.04. The third-order valence-electron chi connectivity index (χ3n) is 2.47. The highest BCUT2D eigenvalue weighted by Crippen LogP contribution is 2.24. The van der Waals surface area contributed by atoms with Crippen molar-refractivity contribution in [1.82, 2.24) is 15.0 Å². The number of rotatable bonds is 4. The van der Waals surface area contributed by atoms with Crippen molar-refractivity contribution in [2.75, 3.05) is 11.9 Å². The molecule has 0 aliphatic rings. The Morgan fingerprint density at radius 2 is 2.11 bits per heavy atom. The van der Waals surface area contributed by atoms with Crippen molar-refractivity contribution in [3.05, 3.63) is 34.6 Å². The van der Waals surface area contributed by atoms with Gasteiger partial charge in [0.15, 0.2) is 5.82 Å². The summed E-state index contributed by atoms with van der Waals surface area (Å²) in [4.78, 5) is 13.3. The van der Waals surface area contributed by atoms with Crippen LogP contribution in [0.2, 0.25) is 0 Å². The van der Waals surface area contributed by atoms with Crippen molar-refractivity contribution in [2.24, 2.45) is 0 Å². The average Bonchev–Trinajstić information content (AvgIpc) is 2.39. The van der Waals surface area contributed by atoms with Gasteiger partial charge >= 0.3 is 0 Å². The maximum atomic E-state index is 4.52. The Kier molecular flexibility index (Phi) is 4.25. The summed E-state index contributed by atoms with van der Waals surface area (Å²) >= 11 is 3.48. The molecule has 2 heterocycles. The zero-order chi connectivity index (χ0) is 13.0. The molecule has 0 aliphatic heterocycles. The van der Waals surface area contributed by atoms with Gasteiger partial charge in [0.2, 0.25) is 0 Å². The van der Waals surface area contributed by atoms with Crippen molar-refractivity contribution in [3.8, 4) is 11.5 Å². The molecule has 0 saturated heterocycles. The van der Waals surface area contributed by atoms with Crippen LogP contribution in [0.15, 0.2) is 28.9 Å². The molecule has 5 heteroatoms. The number of nitrogens with one attached hydrogen (secondary N) is 1. The van der Waals surface area contributed by atoms with Crippen LogP contribution in [-0.4, -0.2) is 21.5 Å². The molecule has 18 heavy (non-hydrogen) atoms. The van der Waals surface area contributed by atoms with Crippen LogP contribution in [0, 0.1) is 0 Å². The molecule has 2 aromatic heterocycles. The Balaban J connectivity index is 2.50. The standard InChI is InChI=1S/C13H15BrN4/c1-3-9-8-11(15-4-2)18-13(17-9)12-10(14)6-5-7-16-12/h5-8H,3-4H2,1-2H3,(H,15,17,18). The lowest BCUT2D eigenvalue weighted by atomic mass is 10.3. The maximum Gasteiger partial charge on any atom is 0.181 e. The lowest BCUT2D eigenvalue weighted by Crippen LogP contribution is -2.04. The minimum atomic E-state index is 0.651. The van der Waals surface area contributed by atoms with Gasteiger partial charge < -0.3 is 5.32 Å². The number of hydrogen-bond donors (Lipinski definition) is 1. The van der Waals surface area contributed by atoms with Gasteiger partial charge in [0.1, 0.15) is 11.5 Å². The molecule has 0 aromatic carbocycles. The quantitative estimate of drug-likeness (QED) is 0.941. The zero-order valence-electron chi connectivity index (χ0n) is 10.4. The smallest absolute Gasteiger partial charge is 0.181 e. The third kappa shape index (κ3) is 2.85. The minimum absolute atomic E-state index is 0.651. The summed E-state index contributed by atoms with van der Waals surface area (Å²) in [5.74, 6) is 1.50. The predicted molar refractivity (Wildman–Crippen MR) is 76.5 cm³/mol. The molecule has 2 aromatic rings. The molecule has 0 radical (unpaired) electrons. The molecule has 1 N–H and O–H groups in total. The van der Waals surface area contributed by atoms with Crippen LogP contribution in [0.25, 0.3) is 11.5 Å². The van der Waals surface area contributed by atoms with E-state index in [1.54, 1.807) is 6.20 Å². The van der Waals surface area contributed by atoms with Crippen LogP contribution in [0.3, 0.4) is 0 Å². The van der Waals surface area contributed by atoms with Gasteiger partial charge in [0.25, 0.3) is 0 Å². The highest BCUT2D eigenvalue weighted by atomic mass is 79.9. The van der Waals surface area contributed by atoms with Crippen LogP contribution in [0.4, 0.5) is 5.82 Å². The number of aromatic nitrogens is 3. The van der Waals surface area contributed by atoms with Crippen molar-refractivity contribution < 1.29 is 0 Å². The highest BCUT2D eigenvalue weighted by molar-refractivity contribution is 9.10. The Morgan fingerprint density at radius 1 is 1.28 bits per heavy atom. The van der Waals surface area contributed by atoms with E-state index >= 15 is 0 Å². The van der Waals surface area contributed by atoms with Crippen molar-refractivity contribution in [1.29, 1.82) is 0 Å². The van der Waals surface area contributed by atoms with Crippen LogP contribution >= 0.6 is 15.9 Å². The van der Waals surface area contributed by atoms with Crippen molar-refractivity contribution >= 4 is 21.7 Å². The summed E-state index contributed by atoms with van der Waals surface area (Å²) < 4.78 is 0.903. The largest absolute Gasteiger partial charge is 0.370 e. The minimum Gasteiger partial charge on any atom is -0.370 e. The Bertz CT molecular complexity index is 542. The fraction of sp³-hybridized carbons (Fsp3) is 0.308. The van der Waals surface area contributed by atoms with Gasteiger partial charge in [0, 0.05) is 29.0 Å². The first-order valence-corrected chi connectivity index (χ1v) is 6.76. The molecule has 0 unspecified atom stereocenters. The van der Waals surface area contributed by atoms with E-state index in [-0.39, 0.29) is 0 Å². The van der Waals surface area contributed by atoms with E-state index in [1.807, 2.05) is 25.1 Å². The molecular weight excluding hydrogens is 292 g/mol. The Hall–Kier alpha value is -1.49. The number of aryl methyl sites for hydroxylation is 1. The number of halogens is 1. The topological polar surface area (TPSA) is 50.7 Å². The summed E-state index contributed by atoms with van der Waals surface area (Å²) in [6.45, 7) is 4.96. The molecular formula is C13H15BrN4. The molecule has 0 aliphatic carbocycles. The lowest BCUT2D eigenvalue weighted by molar-refractivity contribution is 0.990. The van der Waals surface area contributed by atoms with E-state index in [2.05, 4.69) is 43.1 Å². The number of nitrogens with zero attached hydrogens (tertiary/aromatic N) is 3. The molecule has 0 atom stereocenters. The molecule has 2 rings (SSSR count). The molecule has 0 amide bonds. The summed E-state index contributed by atoms with van der Waals surface area (Å²) in [7, 11) is 0. The van der Waals surface area contributed by atoms with Crippen LogP contribution < -0.4 is 5.32 Å². The lowest BCUT2D eigenvalue weighted by Gasteiger charge is -2.08. The van der Waals surface area contributed by atoms with Gasteiger partial charge in [-0.2, -0.15) is 0 Å². The second-order valence-corrected chi connectivity index (χ2v) is 4.64. The van der Waals surface area contributed by atoms with Gasteiger partial charge in [-0.25, -0.2) is 9.97 Å². The fourth-order valence-electron chi connectivity index (χ4n) is 1.61. The van der Waals surface area contributed by atoms with E-state index in [9.17, 15) is 0 Å². The van der Waals surface area contributed by atoms with Crippen LogP contribution in [-0.2, 0) is 6.42 Å². The Labute approximate surface area is 115 Å². The van der Waals surface area contributed by atoms with Gasteiger partial charge in [0.05, 0.1) is 0 Å². The monoisotopic (exact) mass is 306 g/mol. The molecule has 94 valence electrons. The van der Waals surface area contributed by atoms with E-state index in [0.29, 0.717) is 5.82 Å². The first kappa shape index (κ1) is 13.0. The van der Waals surface area contributed by atoms with E-state index in [4.69, 9.17) is 0 Å². The highest BCUT2D eigenvalue weighted by Gasteiger charge is 2.10. The summed E-state index contributed by atoms with van der Waals surface area (Å²) in [6, 6.07) is 5.80. The summed E-state index contributed by atoms with van der Waals surface area (Å²) in [5.41, 5.74) is 1.78. The zero-order valence-corrected chi connectivity index (χ0v) is 12.0. The Morgan fingerprint density at radius 3 is 2.78 bits per heavy atom. The third-order valence-corrected chi connectivity index (χ3v) is 3.11. The predicted octanol–water partition coefficient (Wildman–Crippen LogP) is 3.30. The SMILES string of the molecule is CCNc1cc(CC)nc(-c2ncccc2Br)n1. The molecule has 0 spiro atoms. The molecule has 0 fully saturated rings. The van der Waals surface area contributed by atoms with Gasteiger partial charge in [-0.3, -0.25) is 4.98 Å². The normalized spacial score (nSPS) is 10.4. The van der Waals surface area contributed by atoms with E-state index in [0.717, 1.165) is 34.6 Å². The number of hydrogen-bond acceptors (Lipinski definition) is 4. The van der Waals surface area contributed by atoms with E-state index < -0.39 is 0 Å². The number of pyridine rings is 1. The van der Waals surface area contributed by atoms with Crippen molar-refractivity contribution in [3.63, 3.8) is 0 Å². The molecule has 4 nitrogen and oxygen atoms in total.